The Morgan fingerprint density at radius 2 is 1.92 bits per heavy atom. The van der Waals surface area contributed by atoms with Crippen LogP contribution in [0.5, 0.6) is 0 Å². The number of hydrogen-bond donors (Lipinski definition) is 1. The van der Waals surface area contributed by atoms with Crippen molar-refractivity contribution in [3.05, 3.63) is 22.1 Å². The summed E-state index contributed by atoms with van der Waals surface area (Å²) in [7, 11) is 0. The summed E-state index contributed by atoms with van der Waals surface area (Å²) in [6.45, 7) is 14.7. The molecule has 5 aliphatic rings. The van der Waals surface area contributed by atoms with Gasteiger partial charge in [-0.2, -0.15) is 0 Å². The Bertz CT molecular complexity index is 1070. The van der Waals surface area contributed by atoms with Gasteiger partial charge in [-0.15, -0.1) is 22.0 Å². The first-order valence-electron chi connectivity index (χ1n) is 15.1. The molecular formula is C30H47N5OS. The van der Waals surface area contributed by atoms with Crippen LogP contribution in [0.1, 0.15) is 116 Å². The minimum atomic E-state index is 0.221. The molecular weight excluding hydrogens is 478 g/mol. The molecule has 6 rings (SSSR count). The molecule has 6 nitrogen and oxygen atoms in total. The number of carbonyl (C=O) groups is 1. The van der Waals surface area contributed by atoms with E-state index >= 15 is 0 Å². The number of nitrogens with one attached hydrogen (secondary N) is 1. The highest BCUT2D eigenvalue weighted by atomic mass is 32.2. The highest BCUT2D eigenvalue weighted by Gasteiger charge is 2.64. The first-order chi connectivity index (χ1) is 17.7. The number of nitrogens with zero attached hydrogens (tertiary/aromatic N) is 4. The van der Waals surface area contributed by atoms with Crippen molar-refractivity contribution >= 4 is 17.7 Å². The van der Waals surface area contributed by atoms with Gasteiger partial charge in [-0.3, -0.25) is 9.69 Å². The molecule has 4 fully saturated rings. The molecule has 0 radical (unpaired) electrons. The van der Waals surface area contributed by atoms with Crippen LogP contribution in [0.3, 0.4) is 0 Å². The normalized spacial score (nSPS) is 36.1. The predicted molar refractivity (Wildman–Crippen MR) is 150 cm³/mol. The molecule has 0 spiro atoms. The fourth-order valence-corrected chi connectivity index (χ4v) is 10.4. The molecule has 6 unspecified atom stereocenters. The first kappa shape index (κ1) is 25.9. The standard InChI is InChI=1S/C30H47N5OS/c1-7-25-23-14-22(35-20(6)32-33-28(35)17(2)3)15-26(23)34(25)13-12-27(31-29(36)21-10-8-9-11-21)30-16-24(30)18(4)19(5)37-30/h17,21-27H,7-16H2,1-6H3,(H,31,36)/t22?,23?,24?,25?,26?,27-,30?/m0/s1. The molecule has 37 heavy (non-hydrogen) atoms. The van der Waals surface area contributed by atoms with Gasteiger partial charge in [0.2, 0.25) is 5.91 Å². The van der Waals surface area contributed by atoms with Gasteiger partial charge < -0.3 is 9.88 Å². The Hall–Kier alpha value is -1.34. The van der Waals surface area contributed by atoms with E-state index in [4.69, 9.17) is 0 Å². The van der Waals surface area contributed by atoms with E-state index in [2.05, 4.69) is 78.3 Å². The zero-order valence-corrected chi connectivity index (χ0v) is 24.6. The van der Waals surface area contributed by atoms with Gasteiger partial charge in [-0.05, 0) is 82.5 Å². The van der Waals surface area contributed by atoms with Crippen molar-refractivity contribution < 1.29 is 4.79 Å². The van der Waals surface area contributed by atoms with Crippen molar-refractivity contribution in [3.63, 3.8) is 0 Å². The summed E-state index contributed by atoms with van der Waals surface area (Å²) in [6, 6.07) is 2.13. The van der Waals surface area contributed by atoms with E-state index in [9.17, 15) is 4.79 Å². The lowest BCUT2D eigenvalue weighted by Crippen LogP contribution is -2.62. The van der Waals surface area contributed by atoms with Crippen LogP contribution in [0.25, 0.3) is 0 Å². The van der Waals surface area contributed by atoms with E-state index in [1.807, 2.05) is 0 Å². The lowest BCUT2D eigenvalue weighted by Gasteiger charge is -2.53. The quantitative estimate of drug-likeness (QED) is 0.429. The highest BCUT2D eigenvalue weighted by molar-refractivity contribution is 8.05. The first-order valence-corrected chi connectivity index (χ1v) is 15.9. The molecule has 0 bridgehead atoms. The summed E-state index contributed by atoms with van der Waals surface area (Å²) in [6.07, 6.45) is 10.6. The van der Waals surface area contributed by atoms with Crippen molar-refractivity contribution in [2.24, 2.45) is 17.8 Å². The van der Waals surface area contributed by atoms with Crippen molar-refractivity contribution in [1.29, 1.82) is 0 Å². The molecule has 7 atom stereocenters. The van der Waals surface area contributed by atoms with Gasteiger partial charge in [0.1, 0.15) is 11.6 Å². The molecule has 204 valence electrons. The van der Waals surface area contributed by atoms with Crippen LogP contribution >= 0.6 is 11.8 Å². The Balaban J connectivity index is 1.16. The molecule has 3 aliphatic carbocycles. The van der Waals surface area contributed by atoms with Gasteiger partial charge in [0, 0.05) is 47.3 Å². The van der Waals surface area contributed by atoms with Crippen molar-refractivity contribution in [3.8, 4) is 0 Å². The second-order valence-corrected chi connectivity index (χ2v) is 14.7. The molecule has 1 N–H and O–H groups in total. The molecule has 1 saturated heterocycles. The van der Waals surface area contributed by atoms with Gasteiger partial charge in [-0.1, -0.05) is 39.2 Å². The number of fused-ring (bicyclic) bond motifs is 2. The number of likely N-dealkylation sites (tertiary alicyclic amines) is 1. The third-order valence-electron chi connectivity index (χ3n) is 10.8. The number of rotatable bonds is 9. The number of aromatic nitrogens is 3. The lowest BCUT2D eigenvalue weighted by molar-refractivity contribution is -0.125. The van der Waals surface area contributed by atoms with Gasteiger partial charge in [0.25, 0.3) is 0 Å². The maximum absolute atomic E-state index is 13.3. The molecule has 3 heterocycles. The number of carbonyl (C=O) groups excluding carboxylic acids is 1. The summed E-state index contributed by atoms with van der Waals surface area (Å²) in [4.78, 5) is 17.6. The van der Waals surface area contributed by atoms with Crippen molar-refractivity contribution in [2.45, 2.75) is 134 Å². The number of hydrogen-bond acceptors (Lipinski definition) is 5. The van der Waals surface area contributed by atoms with Crippen LogP contribution in [-0.2, 0) is 4.79 Å². The summed E-state index contributed by atoms with van der Waals surface area (Å²) in [5, 5.41) is 12.6. The van der Waals surface area contributed by atoms with Crippen LogP contribution in [-0.4, -0.2) is 55.0 Å². The van der Waals surface area contributed by atoms with Crippen LogP contribution in [0.4, 0.5) is 0 Å². The average Bonchev–Trinajstić information content (AvgIpc) is 3.30. The molecule has 1 aromatic rings. The second kappa shape index (κ2) is 9.69. The van der Waals surface area contributed by atoms with Crippen LogP contribution in [0.15, 0.2) is 10.5 Å². The third kappa shape index (κ3) is 4.21. The minimum absolute atomic E-state index is 0.221. The predicted octanol–water partition coefficient (Wildman–Crippen LogP) is 5.99. The molecule has 1 amide bonds. The van der Waals surface area contributed by atoms with Gasteiger partial charge in [0.15, 0.2) is 0 Å². The average molecular weight is 526 g/mol. The zero-order chi connectivity index (χ0) is 26.1. The van der Waals surface area contributed by atoms with E-state index < -0.39 is 0 Å². The SMILES string of the molecule is CCC1C2CC(n3c(C)nnc3C(C)C)CC2N1CC[C@H](NC(=O)C1CCCC1)C12CC1C(C)=C(C)S2. The van der Waals surface area contributed by atoms with E-state index in [-0.39, 0.29) is 16.7 Å². The Morgan fingerprint density at radius 3 is 2.57 bits per heavy atom. The Labute approximate surface area is 227 Å². The molecule has 0 aromatic carbocycles. The number of aryl methyl sites for hydroxylation is 1. The number of amides is 1. The van der Waals surface area contributed by atoms with Crippen LogP contribution in [0, 0.1) is 24.7 Å². The fourth-order valence-electron chi connectivity index (χ4n) is 8.67. The number of allylic oxidation sites excluding steroid dienone is 2. The molecule has 1 aromatic heterocycles. The van der Waals surface area contributed by atoms with Crippen LogP contribution in [0.2, 0.25) is 0 Å². The zero-order valence-electron chi connectivity index (χ0n) is 23.8. The van der Waals surface area contributed by atoms with Crippen LogP contribution < -0.4 is 5.32 Å². The minimum Gasteiger partial charge on any atom is -0.352 e. The summed E-state index contributed by atoms with van der Waals surface area (Å²) < 4.78 is 2.68. The van der Waals surface area contributed by atoms with Crippen molar-refractivity contribution in [2.75, 3.05) is 6.54 Å². The molecule has 2 aliphatic heterocycles. The van der Waals surface area contributed by atoms with Crippen molar-refractivity contribution in [1.82, 2.24) is 25.0 Å². The summed E-state index contributed by atoms with van der Waals surface area (Å²) in [5.41, 5.74) is 1.57. The van der Waals surface area contributed by atoms with E-state index in [0.717, 1.165) is 43.4 Å². The Morgan fingerprint density at radius 1 is 1.16 bits per heavy atom. The highest BCUT2D eigenvalue weighted by Crippen LogP contribution is 2.68. The largest absolute Gasteiger partial charge is 0.352 e. The fraction of sp³-hybridized carbons (Fsp3) is 0.833. The maximum atomic E-state index is 13.3. The monoisotopic (exact) mass is 525 g/mol. The number of thioether (sulfide) groups is 1. The molecule has 3 saturated carbocycles. The van der Waals surface area contributed by atoms with Gasteiger partial charge in [0.05, 0.1) is 0 Å². The second-order valence-electron chi connectivity index (χ2n) is 13.1. The third-order valence-corrected chi connectivity index (χ3v) is 12.5. The Kier molecular flexibility index (Phi) is 6.79. The van der Waals surface area contributed by atoms with E-state index in [0.29, 0.717) is 35.9 Å². The van der Waals surface area contributed by atoms with Gasteiger partial charge >= 0.3 is 0 Å². The van der Waals surface area contributed by atoms with E-state index in [1.165, 1.54) is 43.4 Å². The topological polar surface area (TPSA) is 63.1 Å². The summed E-state index contributed by atoms with van der Waals surface area (Å²) in [5.74, 6) is 4.64. The maximum Gasteiger partial charge on any atom is 0.223 e. The summed E-state index contributed by atoms with van der Waals surface area (Å²) >= 11 is 2.08. The van der Waals surface area contributed by atoms with Gasteiger partial charge in [-0.25, -0.2) is 0 Å². The van der Waals surface area contributed by atoms with E-state index in [1.54, 1.807) is 5.57 Å². The lowest BCUT2D eigenvalue weighted by atomic mass is 9.80. The molecule has 7 heteroatoms. The smallest absolute Gasteiger partial charge is 0.223 e.